The maximum absolute atomic E-state index is 12.7. The molecule has 0 aliphatic rings. The second kappa shape index (κ2) is 9.69. The highest BCUT2D eigenvalue weighted by Gasteiger charge is 2.16. The van der Waals surface area contributed by atoms with E-state index >= 15 is 0 Å². The summed E-state index contributed by atoms with van der Waals surface area (Å²) < 4.78 is 6.96. The van der Waals surface area contributed by atoms with Gasteiger partial charge in [0.2, 0.25) is 5.91 Å². The number of aromatic amines is 1. The van der Waals surface area contributed by atoms with E-state index in [4.69, 9.17) is 17.0 Å². The van der Waals surface area contributed by atoms with E-state index in [2.05, 4.69) is 10.3 Å². The van der Waals surface area contributed by atoms with Gasteiger partial charge in [-0.3, -0.25) is 14.2 Å². The number of aromatic nitrogens is 2. The molecule has 1 atom stereocenters. The van der Waals surface area contributed by atoms with E-state index in [1.807, 2.05) is 55.4 Å². The zero-order valence-electron chi connectivity index (χ0n) is 17.3. The van der Waals surface area contributed by atoms with Crippen molar-refractivity contribution in [2.45, 2.75) is 19.0 Å². The van der Waals surface area contributed by atoms with Gasteiger partial charge in [0.05, 0.1) is 24.1 Å². The fourth-order valence-corrected chi connectivity index (χ4v) is 3.62. The van der Waals surface area contributed by atoms with E-state index in [0.29, 0.717) is 22.2 Å². The third kappa shape index (κ3) is 4.95. The Morgan fingerprint density at radius 3 is 2.57 bits per heavy atom. The number of amides is 1. The molecule has 158 valence electrons. The van der Waals surface area contributed by atoms with Crippen molar-refractivity contribution in [1.29, 1.82) is 0 Å². The van der Waals surface area contributed by atoms with Gasteiger partial charge in [-0.15, -0.1) is 0 Å². The highest BCUT2D eigenvalue weighted by molar-refractivity contribution is 7.71. The van der Waals surface area contributed by atoms with E-state index in [9.17, 15) is 9.59 Å². The lowest BCUT2D eigenvalue weighted by Gasteiger charge is -2.25. The molecule has 0 bridgehead atoms. The molecule has 0 saturated heterocycles. The molecule has 3 aromatic rings. The molecule has 2 aromatic carbocycles. The van der Waals surface area contributed by atoms with Crippen molar-refractivity contribution >= 4 is 29.0 Å². The highest BCUT2D eigenvalue weighted by atomic mass is 32.1. The monoisotopic (exact) mass is 426 g/mol. The van der Waals surface area contributed by atoms with Crippen molar-refractivity contribution in [3.63, 3.8) is 0 Å². The molecule has 7 nitrogen and oxygen atoms in total. The number of fused-ring (bicyclic) bond motifs is 1. The number of hydrogen-bond acceptors (Lipinski definition) is 5. The summed E-state index contributed by atoms with van der Waals surface area (Å²) >= 11 is 5.30. The molecule has 0 spiro atoms. The SMILES string of the molecule is COc1ccc(C(CNC(=O)CCn2c(=S)[nH]c3ccccc3c2=O)N(C)C)cc1. The second-order valence-corrected chi connectivity index (χ2v) is 7.63. The van der Waals surface area contributed by atoms with Gasteiger partial charge in [-0.1, -0.05) is 24.3 Å². The number of rotatable bonds is 8. The summed E-state index contributed by atoms with van der Waals surface area (Å²) in [5, 5.41) is 3.52. The molecule has 0 radical (unpaired) electrons. The number of carbonyl (C=O) groups is 1. The third-order valence-electron chi connectivity index (χ3n) is 5.07. The molecule has 1 amide bonds. The number of ether oxygens (including phenoxy) is 1. The van der Waals surface area contributed by atoms with Crippen LogP contribution in [0.3, 0.4) is 0 Å². The first-order valence-corrected chi connectivity index (χ1v) is 10.1. The summed E-state index contributed by atoms with van der Waals surface area (Å²) in [6.45, 7) is 0.678. The minimum absolute atomic E-state index is 0.0195. The minimum atomic E-state index is -0.188. The van der Waals surface area contributed by atoms with Crippen LogP contribution in [0.2, 0.25) is 0 Å². The Balaban J connectivity index is 1.64. The van der Waals surface area contributed by atoms with Crippen LogP contribution in [0.1, 0.15) is 18.0 Å². The first-order valence-electron chi connectivity index (χ1n) is 9.69. The molecule has 1 heterocycles. The predicted octanol–water partition coefficient (Wildman–Crippen LogP) is 2.88. The van der Waals surface area contributed by atoms with Crippen LogP contribution in [0.15, 0.2) is 53.3 Å². The Morgan fingerprint density at radius 1 is 1.20 bits per heavy atom. The number of carbonyl (C=O) groups excluding carboxylic acids is 1. The maximum atomic E-state index is 12.7. The number of hydrogen-bond donors (Lipinski definition) is 2. The first kappa shape index (κ1) is 21.7. The summed E-state index contributed by atoms with van der Waals surface area (Å²) in [5.41, 5.74) is 1.59. The topological polar surface area (TPSA) is 79.4 Å². The van der Waals surface area contributed by atoms with E-state index in [1.165, 1.54) is 4.57 Å². The van der Waals surface area contributed by atoms with Gasteiger partial charge in [-0.05, 0) is 56.1 Å². The van der Waals surface area contributed by atoms with Gasteiger partial charge in [0.1, 0.15) is 5.75 Å². The van der Waals surface area contributed by atoms with Crippen molar-refractivity contribution in [3.05, 3.63) is 69.2 Å². The molecule has 30 heavy (non-hydrogen) atoms. The highest BCUT2D eigenvalue weighted by Crippen LogP contribution is 2.20. The molecule has 8 heteroatoms. The van der Waals surface area contributed by atoms with Gasteiger partial charge >= 0.3 is 0 Å². The Labute approximate surface area is 180 Å². The van der Waals surface area contributed by atoms with E-state index in [0.717, 1.165) is 11.3 Å². The maximum Gasteiger partial charge on any atom is 0.262 e. The van der Waals surface area contributed by atoms with Crippen LogP contribution in [0.5, 0.6) is 5.75 Å². The third-order valence-corrected chi connectivity index (χ3v) is 5.39. The van der Waals surface area contributed by atoms with Gasteiger partial charge in [-0.2, -0.15) is 0 Å². The van der Waals surface area contributed by atoms with Crippen molar-refractivity contribution in [3.8, 4) is 5.75 Å². The molecule has 1 aromatic heterocycles. The average molecular weight is 427 g/mol. The normalized spacial score (nSPS) is 12.1. The zero-order valence-corrected chi connectivity index (χ0v) is 18.2. The number of methoxy groups -OCH3 is 1. The lowest BCUT2D eigenvalue weighted by atomic mass is 10.1. The lowest BCUT2D eigenvalue weighted by molar-refractivity contribution is -0.121. The summed E-state index contributed by atoms with van der Waals surface area (Å²) in [6.07, 6.45) is 0.165. The van der Waals surface area contributed by atoms with Crippen molar-refractivity contribution in [2.24, 2.45) is 0 Å². The van der Waals surface area contributed by atoms with Crippen LogP contribution < -0.4 is 15.6 Å². The summed E-state index contributed by atoms with van der Waals surface area (Å²) in [6, 6.07) is 15.0. The summed E-state index contributed by atoms with van der Waals surface area (Å²) in [5.74, 6) is 0.655. The minimum Gasteiger partial charge on any atom is -0.497 e. The smallest absolute Gasteiger partial charge is 0.262 e. The number of likely N-dealkylation sites (N-methyl/N-ethyl adjacent to an activating group) is 1. The zero-order chi connectivity index (χ0) is 21.7. The molecule has 0 aliphatic heterocycles. The van der Waals surface area contributed by atoms with Crippen molar-refractivity contribution in [1.82, 2.24) is 19.8 Å². The second-order valence-electron chi connectivity index (χ2n) is 7.24. The molecule has 0 aliphatic carbocycles. The van der Waals surface area contributed by atoms with Crippen LogP contribution in [-0.2, 0) is 11.3 Å². The van der Waals surface area contributed by atoms with E-state index in [1.54, 1.807) is 19.2 Å². The van der Waals surface area contributed by atoms with E-state index < -0.39 is 0 Å². The fourth-order valence-electron chi connectivity index (χ4n) is 3.34. The van der Waals surface area contributed by atoms with Crippen molar-refractivity contribution < 1.29 is 9.53 Å². The van der Waals surface area contributed by atoms with Gasteiger partial charge < -0.3 is 19.9 Å². The Bertz CT molecular complexity index is 1140. The number of nitrogens with one attached hydrogen (secondary N) is 2. The largest absolute Gasteiger partial charge is 0.497 e. The number of H-pyrrole nitrogens is 1. The molecule has 0 fully saturated rings. The summed E-state index contributed by atoms with van der Waals surface area (Å²) in [4.78, 5) is 30.2. The molecular formula is C22H26N4O3S. The van der Waals surface area contributed by atoms with Crippen LogP contribution in [0.4, 0.5) is 0 Å². The van der Waals surface area contributed by atoms with Crippen LogP contribution >= 0.6 is 12.2 Å². The predicted molar refractivity (Wildman–Crippen MR) is 120 cm³/mol. The van der Waals surface area contributed by atoms with Crippen molar-refractivity contribution in [2.75, 3.05) is 27.7 Å². The molecular weight excluding hydrogens is 400 g/mol. The quantitative estimate of drug-likeness (QED) is 0.542. The molecule has 1 unspecified atom stereocenters. The van der Waals surface area contributed by atoms with Gasteiger partial charge in [-0.25, -0.2) is 0 Å². The first-order chi connectivity index (χ1) is 14.4. The number of para-hydroxylation sites is 1. The van der Waals surface area contributed by atoms with E-state index in [-0.39, 0.29) is 30.5 Å². The van der Waals surface area contributed by atoms with Crippen LogP contribution in [0, 0.1) is 4.77 Å². The Hall–Kier alpha value is -2.97. The van der Waals surface area contributed by atoms with Gasteiger partial charge in [0, 0.05) is 19.5 Å². The molecule has 2 N–H and O–H groups in total. The molecule has 3 rings (SSSR count). The lowest BCUT2D eigenvalue weighted by Crippen LogP contribution is -2.35. The standard InChI is InChI=1S/C22H26N4O3S/c1-25(2)19(15-8-10-16(29-3)11-9-15)14-23-20(27)12-13-26-21(28)17-6-4-5-7-18(17)24-22(26)30/h4-11,19H,12-14H2,1-3H3,(H,23,27)(H,24,30). The van der Waals surface area contributed by atoms with Crippen LogP contribution in [-0.4, -0.2) is 48.1 Å². The van der Waals surface area contributed by atoms with Gasteiger partial charge in [0.15, 0.2) is 4.77 Å². The number of nitrogens with zero attached hydrogens (tertiary/aromatic N) is 2. The molecule has 0 saturated carbocycles. The fraction of sp³-hybridized carbons (Fsp3) is 0.318. The van der Waals surface area contributed by atoms with Gasteiger partial charge in [0.25, 0.3) is 5.56 Å². The number of benzene rings is 2. The summed E-state index contributed by atoms with van der Waals surface area (Å²) in [7, 11) is 5.57. The average Bonchev–Trinajstić information content (AvgIpc) is 2.74. The Morgan fingerprint density at radius 2 is 1.90 bits per heavy atom. The Kier molecular flexibility index (Phi) is 7.02. The van der Waals surface area contributed by atoms with Crippen LogP contribution in [0.25, 0.3) is 10.9 Å².